The number of ether oxygens (including phenoxy) is 1. The summed E-state index contributed by atoms with van der Waals surface area (Å²) < 4.78 is 41.2. The van der Waals surface area contributed by atoms with Crippen molar-refractivity contribution in [2.45, 2.75) is 13.3 Å². The van der Waals surface area contributed by atoms with Crippen LogP contribution in [0.15, 0.2) is 6.33 Å². The smallest absolute Gasteiger partial charge is 0.385 e. The van der Waals surface area contributed by atoms with E-state index in [1.54, 1.807) is 0 Å². The first kappa shape index (κ1) is 11.0. The van der Waals surface area contributed by atoms with Crippen molar-refractivity contribution < 1.29 is 17.9 Å². The second kappa shape index (κ2) is 3.51. The van der Waals surface area contributed by atoms with Crippen LogP contribution in [0.1, 0.15) is 5.82 Å². The number of nitrogens with zero attached hydrogens (tertiary/aromatic N) is 4. The molecule has 5 nitrogen and oxygen atoms in total. The van der Waals surface area contributed by atoms with Crippen LogP contribution >= 0.6 is 12.8 Å². The van der Waals surface area contributed by atoms with Crippen LogP contribution < -0.4 is 4.74 Å². The first-order valence-electron chi connectivity index (χ1n) is 4.03. The summed E-state index contributed by atoms with van der Waals surface area (Å²) in [6, 6.07) is 0. The van der Waals surface area contributed by atoms with Gasteiger partial charge in [0, 0.05) is 0 Å². The first-order valence-corrected chi connectivity index (χ1v) is 4.43. The van der Waals surface area contributed by atoms with Gasteiger partial charge in [0.1, 0.15) is 12.2 Å². The van der Waals surface area contributed by atoms with Crippen LogP contribution in [0.3, 0.4) is 0 Å². The number of hydrogen-bond acceptors (Lipinski definition) is 5. The molecule has 0 aliphatic carbocycles. The number of imidazole rings is 1. The number of aryl methyl sites for hydroxylation is 1. The van der Waals surface area contributed by atoms with Crippen molar-refractivity contribution in [2.75, 3.05) is 0 Å². The molecule has 0 aromatic carbocycles. The van der Waals surface area contributed by atoms with E-state index in [2.05, 4.69) is 32.5 Å². The highest BCUT2D eigenvalue weighted by atomic mass is 32.1. The Labute approximate surface area is 92.8 Å². The second-order valence-electron chi connectivity index (χ2n) is 2.89. The molecule has 2 rings (SSSR count). The van der Waals surface area contributed by atoms with Crippen molar-refractivity contribution in [1.82, 2.24) is 18.9 Å². The van der Waals surface area contributed by atoms with Gasteiger partial charge < -0.3 is 4.74 Å². The minimum Gasteiger partial charge on any atom is -0.385 e. The molecule has 0 atom stereocenters. The molecule has 2 aromatic rings. The Morgan fingerprint density at radius 1 is 1.38 bits per heavy atom. The number of alkyl halides is 3. The molecule has 9 heteroatoms. The van der Waals surface area contributed by atoms with Crippen molar-refractivity contribution in [3.63, 3.8) is 0 Å². The van der Waals surface area contributed by atoms with Crippen LogP contribution in [0.5, 0.6) is 5.88 Å². The molecule has 0 bridgehead atoms. The van der Waals surface area contributed by atoms with E-state index in [-0.39, 0.29) is 17.0 Å². The number of rotatable bonds is 1. The minimum atomic E-state index is -4.81. The topological polar surface area (TPSA) is 52.8 Å². The van der Waals surface area contributed by atoms with Gasteiger partial charge in [0.25, 0.3) is 5.88 Å². The maximum Gasteiger partial charge on any atom is 0.574 e. The number of halogens is 3. The van der Waals surface area contributed by atoms with E-state index >= 15 is 0 Å². The van der Waals surface area contributed by atoms with E-state index in [0.29, 0.717) is 0 Å². The van der Waals surface area contributed by atoms with Gasteiger partial charge in [-0.2, -0.15) is 4.98 Å². The van der Waals surface area contributed by atoms with Crippen LogP contribution in [0.25, 0.3) is 11.2 Å². The monoisotopic (exact) mass is 250 g/mol. The zero-order valence-corrected chi connectivity index (χ0v) is 8.75. The summed E-state index contributed by atoms with van der Waals surface area (Å²) >= 11 is 3.93. The molecule has 0 spiro atoms. The van der Waals surface area contributed by atoms with Gasteiger partial charge in [-0.25, -0.2) is 9.97 Å². The predicted octanol–water partition coefficient (Wildman–Crippen LogP) is 1.73. The molecule has 2 aromatic heterocycles. The van der Waals surface area contributed by atoms with Gasteiger partial charge in [-0.05, 0) is 6.92 Å². The fourth-order valence-corrected chi connectivity index (χ4v) is 1.34. The first-order chi connectivity index (χ1) is 7.37. The summed E-state index contributed by atoms with van der Waals surface area (Å²) in [5, 5.41) is 0. The fraction of sp³-hybridized carbons (Fsp3) is 0.286. The van der Waals surface area contributed by atoms with Crippen molar-refractivity contribution in [1.29, 1.82) is 0 Å². The molecular formula is C7H5F3N4OS. The average Bonchev–Trinajstić information content (AvgIpc) is 2.45. The Balaban J connectivity index is 2.60. The number of aromatic nitrogens is 4. The van der Waals surface area contributed by atoms with Gasteiger partial charge in [0.15, 0.2) is 11.2 Å². The largest absolute Gasteiger partial charge is 0.574 e. The summed E-state index contributed by atoms with van der Waals surface area (Å²) in [7, 11) is 0. The molecule has 0 saturated carbocycles. The Hall–Kier alpha value is -1.51. The van der Waals surface area contributed by atoms with Crippen molar-refractivity contribution in [3.05, 3.63) is 12.2 Å². The fourth-order valence-electron chi connectivity index (χ4n) is 1.15. The zero-order valence-electron chi connectivity index (χ0n) is 7.86. The molecule has 0 saturated heterocycles. The summed E-state index contributed by atoms with van der Waals surface area (Å²) in [6.07, 6.45) is -3.60. The van der Waals surface area contributed by atoms with Crippen molar-refractivity contribution >= 4 is 24.0 Å². The van der Waals surface area contributed by atoms with Gasteiger partial charge in [-0.15, -0.1) is 13.2 Å². The van der Waals surface area contributed by atoms with Gasteiger partial charge in [0.2, 0.25) is 0 Å². The normalized spacial score (nSPS) is 12.1. The van der Waals surface area contributed by atoms with Gasteiger partial charge in [-0.3, -0.25) is 3.97 Å². The van der Waals surface area contributed by atoms with E-state index in [1.807, 2.05) is 0 Å². The highest BCUT2D eigenvalue weighted by Crippen LogP contribution is 2.27. The van der Waals surface area contributed by atoms with Crippen LogP contribution in [-0.4, -0.2) is 25.3 Å². The lowest BCUT2D eigenvalue weighted by Crippen LogP contribution is -2.18. The quantitative estimate of drug-likeness (QED) is 0.783. The molecule has 2 heterocycles. The summed E-state index contributed by atoms with van der Waals surface area (Å²) in [4.78, 5) is 11.1. The van der Waals surface area contributed by atoms with Crippen LogP contribution in [0, 0.1) is 6.92 Å². The zero-order chi connectivity index (χ0) is 11.9. The van der Waals surface area contributed by atoms with Gasteiger partial charge >= 0.3 is 6.36 Å². The lowest BCUT2D eigenvalue weighted by molar-refractivity contribution is -0.275. The van der Waals surface area contributed by atoms with Crippen molar-refractivity contribution in [2.24, 2.45) is 0 Å². The highest BCUT2D eigenvalue weighted by molar-refractivity contribution is 7.78. The van der Waals surface area contributed by atoms with E-state index in [9.17, 15) is 13.2 Å². The SMILES string of the molecule is Cc1nc(OC(F)(F)F)c2ncn(S)c2n1. The summed E-state index contributed by atoms with van der Waals surface area (Å²) in [5.41, 5.74) is 0.0769. The number of thiol groups is 1. The van der Waals surface area contributed by atoms with Gasteiger partial charge in [-0.1, -0.05) is 12.8 Å². The maximum absolute atomic E-state index is 12.1. The molecule has 0 unspecified atom stereocenters. The Kier molecular flexibility index (Phi) is 2.41. The molecule has 16 heavy (non-hydrogen) atoms. The van der Waals surface area contributed by atoms with Gasteiger partial charge in [0.05, 0.1) is 0 Å². The lowest BCUT2D eigenvalue weighted by atomic mass is 10.5. The Morgan fingerprint density at radius 2 is 2.06 bits per heavy atom. The average molecular weight is 250 g/mol. The third-order valence-corrected chi connectivity index (χ3v) is 1.96. The molecule has 0 aliphatic heterocycles. The maximum atomic E-state index is 12.1. The number of fused-ring (bicyclic) bond motifs is 1. The van der Waals surface area contributed by atoms with E-state index in [4.69, 9.17) is 0 Å². The summed E-state index contributed by atoms with van der Waals surface area (Å²) in [6.45, 7) is 1.45. The summed E-state index contributed by atoms with van der Waals surface area (Å²) in [5.74, 6) is -0.481. The molecular weight excluding hydrogens is 245 g/mol. The van der Waals surface area contributed by atoms with E-state index in [0.717, 1.165) is 0 Å². The molecule has 0 N–H and O–H groups in total. The molecule has 0 radical (unpaired) electrons. The lowest BCUT2D eigenvalue weighted by Gasteiger charge is -2.08. The van der Waals surface area contributed by atoms with Crippen LogP contribution in [0.2, 0.25) is 0 Å². The third kappa shape index (κ3) is 2.03. The standard InChI is InChI=1S/C7H5F3N4OS/c1-3-12-5-4(11-2-14(5)16)6(13-3)15-7(8,9)10/h2,16H,1H3. The molecule has 0 amide bonds. The minimum absolute atomic E-state index is 0.0853. The van der Waals surface area contributed by atoms with Crippen LogP contribution in [0.4, 0.5) is 13.2 Å². The second-order valence-corrected chi connectivity index (χ2v) is 3.32. The predicted molar refractivity (Wildman–Crippen MR) is 51.1 cm³/mol. The van der Waals surface area contributed by atoms with E-state index < -0.39 is 12.2 Å². The Bertz CT molecular complexity index is 538. The van der Waals surface area contributed by atoms with Crippen molar-refractivity contribution in [3.8, 4) is 5.88 Å². The molecule has 0 fully saturated rings. The molecule has 0 aliphatic rings. The van der Waals surface area contributed by atoms with E-state index in [1.165, 1.54) is 17.2 Å². The number of hydrogen-bond donors (Lipinski definition) is 1. The Morgan fingerprint density at radius 3 is 2.69 bits per heavy atom. The third-order valence-electron chi connectivity index (χ3n) is 1.67. The van der Waals surface area contributed by atoms with Crippen LogP contribution in [-0.2, 0) is 0 Å². The highest BCUT2D eigenvalue weighted by Gasteiger charge is 2.33. The molecule has 86 valence electrons.